The normalized spacial score (nSPS) is 14.8. The Morgan fingerprint density at radius 1 is 1.05 bits per heavy atom. The van der Waals surface area contributed by atoms with Crippen molar-refractivity contribution >= 4 is 0 Å². The Hall–Kier alpha value is -0.860. The van der Waals surface area contributed by atoms with Crippen molar-refractivity contribution in [2.75, 3.05) is 26.7 Å². The zero-order valence-electron chi connectivity index (χ0n) is 13.9. The minimum atomic E-state index is 0.450. The summed E-state index contributed by atoms with van der Waals surface area (Å²) in [6.45, 7) is 12.5. The van der Waals surface area contributed by atoms with Gasteiger partial charge in [0.2, 0.25) is 0 Å². The monoisotopic (exact) mass is 276 g/mol. The van der Waals surface area contributed by atoms with Crippen LogP contribution in [-0.2, 0) is 0 Å². The standard InChI is InChI=1S/C18H32N2/c1-6-12-19-18(17-10-8-7-9-11-17)16(4)14-20(5)13-15(2)3/h7-11,15-16,18-19H,6,12-14H2,1-5H3. The van der Waals surface area contributed by atoms with Crippen molar-refractivity contribution in [3.8, 4) is 0 Å². The molecule has 0 aliphatic heterocycles. The van der Waals surface area contributed by atoms with Crippen LogP contribution < -0.4 is 5.32 Å². The zero-order chi connectivity index (χ0) is 15.0. The highest BCUT2D eigenvalue weighted by Gasteiger charge is 2.20. The van der Waals surface area contributed by atoms with E-state index in [1.807, 2.05) is 0 Å². The SMILES string of the molecule is CCCNC(c1ccccc1)C(C)CN(C)CC(C)C. The van der Waals surface area contributed by atoms with E-state index in [4.69, 9.17) is 0 Å². The van der Waals surface area contributed by atoms with E-state index in [1.54, 1.807) is 0 Å². The van der Waals surface area contributed by atoms with Crippen LogP contribution in [0.15, 0.2) is 30.3 Å². The van der Waals surface area contributed by atoms with Crippen LogP contribution in [0.25, 0.3) is 0 Å². The smallest absolute Gasteiger partial charge is 0.0358 e. The van der Waals surface area contributed by atoms with Crippen molar-refractivity contribution in [1.82, 2.24) is 10.2 Å². The first-order valence-electron chi connectivity index (χ1n) is 8.01. The lowest BCUT2D eigenvalue weighted by Crippen LogP contribution is -2.36. The highest BCUT2D eigenvalue weighted by atomic mass is 15.1. The van der Waals surface area contributed by atoms with Crippen molar-refractivity contribution in [2.45, 2.75) is 40.2 Å². The fourth-order valence-electron chi connectivity index (χ4n) is 2.90. The quantitative estimate of drug-likeness (QED) is 0.734. The summed E-state index contributed by atoms with van der Waals surface area (Å²) in [6, 6.07) is 11.3. The van der Waals surface area contributed by atoms with Crippen LogP contribution in [-0.4, -0.2) is 31.6 Å². The van der Waals surface area contributed by atoms with Crippen molar-refractivity contribution in [3.63, 3.8) is 0 Å². The maximum Gasteiger partial charge on any atom is 0.0358 e. The maximum atomic E-state index is 3.72. The van der Waals surface area contributed by atoms with Crippen molar-refractivity contribution in [3.05, 3.63) is 35.9 Å². The Bertz CT molecular complexity index is 348. The lowest BCUT2D eigenvalue weighted by molar-refractivity contribution is 0.227. The fourth-order valence-corrected chi connectivity index (χ4v) is 2.90. The van der Waals surface area contributed by atoms with E-state index in [9.17, 15) is 0 Å². The Kier molecular flexibility index (Phi) is 7.86. The Morgan fingerprint density at radius 3 is 2.25 bits per heavy atom. The van der Waals surface area contributed by atoms with Gasteiger partial charge in [-0.2, -0.15) is 0 Å². The summed E-state index contributed by atoms with van der Waals surface area (Å²) in [7, 11) is 2.23. The third kappa shape index (κ3) is 6.06. The molecule has 0 aromatic heterocycles. The summed E-state index contributed by atoms with van der Waals surface area (Å²) >= 11 is 0. The molecule has 114 valence electrons. The van der Waals surface area contributed by atoms with Crippen LogP contribution in [0.5, 0.6) is 0 Å². The number of rotatable bonds is 9. The molecule has 0 saturated heterocycles. The second kappa shape index (κ2) is 9.15. The average molecular weight is 276 g/mol. The molecular weight excluding hydrogens is 244 g/mol. The van der Waals surface area contributed by atoms with Gasteiger partial charge in [0.25, 0.3) is 0 Å². The summed E-state index contributed by atoms with van der Waals surface area (Å²) in [4.78, 5) is 2.46. The first-order chi connectivity index (χ1) is 9.54. The topological polar surface area (TPSA) is 15.3 Å². The molecule has 2 unspecified atom stereocenters. The number of nitrogens with zero attached hydrogens (tertiary/aromatic N) is 1. The minimum absolute atomic E-state index is 0.450. The van der Waals surface area contributed by atoms with Crippen LogP contribution in [0.3, 0.4) is 0 Å². The van der Waals surface area contributed by atoms with E-state index in [0.29, 0.717) is 12.0 Å². The van der Waals surface area contributed by atoms with Gasteiger partial charge in [0.1, 0.15) is 0 Å². The van der Waals surface area contributed by atoms with Gasteiger partial charge in [-0.1, -0.05) is 58.0 Å². The van der Waals surface area contributed by atoms with E-state index in [1.165, 1.54) is 18.5 Å². The van der Waals surface area contributed by atoms with Crippen LogP contribution in [0.2, 0.25) is 0 Å². The third-order valence-corrected chi connectivity index (χ3v) is 3.62. The molecule has 1 rings (SSSR count). The molecule has 1 N–H and O–H groups in total. The van der Waals surface area contributed by atoms with Gasteiger partial charge < -0.3 is 10.2 Å². The fraction of sp³-hybridized carbons (Fsp3) is 0.667. The van der Waals surface area contributed by atoms with E-state index < -0.39 is 0 Å². The molecule has 2 nitrogen and oxygen atoms in total. The van der Waals surface area contributed by atoms with Gasteiger partial charge in [0, 0.05) is 19.1 Å². The molecule has 0 radical (unpaired) electrons. The van der Waals surface area contributed by atoms with Crippen molar-refractivity contribution < 1.29 is 0 Å². The molecule has 0 saturated carbocycles. The third-order valence-electron chi connectivity index (χ3n) is 3.62. The summed E-state index contributed by atoms with van der Waals surface area (Å²) in [5, 5.41) is 3.72. The minimum Gasteiger partial charge on any atom is -0.310 e. The number of nitrogens with one attached hydrogen (secondary N) is 1. The second-order valence-electron chi connectivity index (χ2n) is 6.43. The van der Waals surface area contributed by atoms with E-state index in [0.717, 1.165) is 19.0 Å². The summed E-state index contributed by atoms with van der Waals surface area (Å²) in [5.41, 5.74) is 1.41. The summed E-state index contributed by atoms with van der Waals surface area (Å²) in [6.07, 6.45) is 1.18. The summed E-state index contributed by atoms with van der Waals surface area (Å²) < 4.78 is 0. The molecule has 20 heavy (non-hydrogen) atoms. The van der Waals surface area contributed by atoms with Crippen LogP contribution in [0, 0.1) is 11.8 Å². The highest BCUT2D eigenvalue weighted by molar-refractivity contribution is 5.19. The molecule has 2 heteroatoms. The number of benzene rings is 1. The van der Waals surface area contributed by atoms with Crippen LogP contribution in [0.1, 0.15) is 45.7 Å². The van der Waals surface area contributed by atoms with Gasteiger partial charge in [-0.05, 0) is 37.4 Å². The first kappa shape index (κ1) is 17.2. The Morgan fingerprint density at radius 2 is 1.70 bits per heavy atom. The van der Waals surface area contributed by atoms with Crippen LogP contribution >= 0.6 is 0 Å². The molecular formula is C18H32N2. The average Bonchev–Trinajstić information content (AvgIpc) is 2.39. The molecule has 0 amide bonds. The lowest BCUT2D eigenvalue weighted by atomic mass is 9.93. The zero-order valence-corrected chi connectivity index (χ0v) is 13.9. The van der Waals surface area contributed by atoms with Gasteiger partial charge in [-0.15, -0.1) is 0 Å². The number of hydrogen-bond acceptors (Lipinski definition) is 2. The van der Waals surface area contributed by atoms with Gasteiger partial charge in [0.15, 0.2) is 0 Å². The molecule has 0 heterocycles. The molecule has 2 atom stereocenters. The molecule has 1 aromatic carbocycles. The molecule has 0 aliphatic carbocycles. The molecule has 0 fully saturated rings. The summed E-state index contributed by atoms with van der Waals surface area (Å²) in [5.74, 6) is 1.33. The molecule has 0 bridgehead atoms. The maximum absolute atomic E-state index is 3.72. The predicted octanol–water partition coefficient (Wildman–Crippen LogP) is 3.95. The van der Waals surface area contributed by atoms with E-state index in [-0.39, 0.29) is 0 Å². The lowest BCUT2D eigenvalue weighted by Gasteiger charge is -2.30. The second-order valence-corrected chi connectivity index (χ2v) is 6.43. The molecule has 0 spiro atoms. The Labute approximate surface area is 125 Å². The molecule has 0 aliphatic rings. The van der Waals surface area contributed by atoms with Crippen molar-refractivity contribution in [1.29, 1.82) is 0 Å². The van der Waals surface area contributed by atoms with E-state index in [2.05, 4.69) is 75.3 Å². The van der Waals surface area contributed by atoms with Crippen LogP contribution in [0.4, 0.5) is 0 Å². The Balaban J connectivity index is 2.67. The molecule has 1 aromatic rings. The van der Waals surface area contributed by atoms with Crippen molar-refractivity contribution in [2.24, 2.45) is 11.8 Å². The predicted molar refractivity (Wildman–Crippen MR) is 89.0 cm³/mol. The van der Waals surface area contributed by atoms with Gasteiger partial charge in [-0.3, -0.25) is 0 Å². The van der Waals surface area contributed by atoms with Gasteiger partial charge in [-0.25, -0.2) is 0 Å². The van der Waals surface area contributed by atoms with E-state index >= 15 is 0 Å². The first-order valence-corrected chi connectivity index (χ1v) is 8.01. The number of hydrogen-bond donors (Lipinski definition) is 1. The van der Waals surface area contributed by atoms with Gasteiger partial charge in [0.05, 0.1) is 0 Å². The van der Waals surface area contributed by atoms with Gasteiger partial charge >= 0.3 is 0 Å². The highest BCUT2D eigenvalue weighted by Crippen LogP contribution is 2.22. The largest absolute Gasteiger partial charge is 0.310 e.